The number of benzene rings is 8. The molecule has 2 heteroatoms. The summed E-state index contributed by atoms with van der Waals surface area (Å²) in [5.74, 6) is 0. The van der Waals surface area contributed by atoms with E-state index in [0.29, 0.717) is 0 Å². The summed E-state index contributed by atoms with van der Waals surface area (Å²) < 4.78 is 0. The number of hydrogen-bond donors (Lipinski definition) is 0. The van der Waals surface area contributed by atoms with Crippen LogP contribution in [0.5, 0.6) is 0 Å². The van der Waals surface area contributed by atoms with Crippen molar-refractivity contribution in [2.45, 2.75) is 271 Å². The summed E-state index contributed by atoms with van der Waals surface area (Å²) in [5, 5.41) is 0. The molecule has 9 rings (SSSR count). The molecule has 1 aliphatic carbocycles. The Labute approximate surface area is 561 Å². The van der Waals surface area contributed by atoms with E-state index >= 15 is 0 Å². The highest BCUT2D eigenvalue weighted by Crippen LogP contribution is 2.58. The van der Waals surface area contributed by atoms with Crippen molar-refractivity contribution >= 4 is 34.1 Å². The summed E-state index contributed by atoms with van der Waals surface area (Å²) in [4.78, 5) is 4.83. The summed E-state index contributed by atoms with van der Waals surface area (Å²) in [6.07, 6.45) is 31.4. The molecule has 0 N–H and O–H groups in total. The fraction of sp³-hybridized carbons (Fsp3) is 0.467. The van der Waals surface area contributed by atoms with Crippen LogP contribution in [-0.4, -0.2) is 0 Å². The SMILES string of the molecule is CCCCCCCCC1(CCCCCCCC)c2cc(C(C)(C)CCCC)ccc2-c2ccc(C(C)(CCCC)C(C)(CCC)c3ccc(N(c4ccccc4)c4ccc(-c5ccc(N(c6ccccc6)c6ccc(C(C)(CC)CCC)cc6)cc5)cc4)cc3)cc21. The van der Waals surface area contributed by atoms with Crippen LogP contribution < -0.4 is 9.80 Å². The van der Waals surface area contributed by atoms with Crippen molar-refractivity contribution in [1.29, 1.82) is 0 Å². The quantitative estimate of drug-likeness (QED) is 0.0358. The largest absolute Gasteiger partial charge is 0.311 e. The van der Waals surface area contributed by atoms with Crippen molar-refractivity contribution in [2.75, 3.05) is 9.80 Å². The molecule has 0 saturated carbocycles. The molecule has 488 valence electrons. The molecule has 8 aromatic rings. The monoisotopic (exact) mass is 1230 g/mol. The first kappa shape index (κ1) is 69.7. The molecule has 0 spiro atoms. The topological polar surface area (TPSA) is 6.48 Å². The fourth-order valence-electron chi connectivity index (χ4n) is 16.3. The second-order valence-electron chi connectivity index (χ2n) is 29.3. The number of hydrogen-bond acceptors (Lipinski definition) is 2. The van der Waals surface area contributed by atoms with E-state index in [9.17, 15) is 0 Å². The molecule has 0 saturated heterocycles. The third-order valence-corrected chi connectivity index (χ3v) is 22.6. The zero-order valence-corrected chi connectivity index (χ0v) is 59.5. The van der Waals surface area contributed by atoms with Gasteiger partial charge in [0.1, 0.15) is 0 Å². The minimum Gasteiger partial charge on any atom is -0.311 e. The molecule has 2 nitrogen and oxygen atoms in total. The van der Waals surface area contributed by atoms with Gasteiger partial charge in [-0.25, -0.2) is 0 Å². The molecular weight excluding hydrogens is 1110 g/mol. The summed E-state index contributed by atoms with van der Waals surface area (Å²) >= 11 is 0. The zero-order valence-electron chi connectivity index (χ0n) is 59.5. The molecule has 0 fully saturated rings. The number of rotatable bonds is 37. The highest BCUT2D eigenvalue weighted by Gasteiger charge is 2.49. The average molecular weight is 1230 g/mol. The van der Waals surface area contributed by atoms with Gasteiger partial charge in [0.25, 0.3) is 0 Å². The number of para-hydroxylation sites is 2. The summed E-state index contributed by atoms with van der Waals surface area (Å²) in [6, 6.07) is 75.3. The van der Waals surface area contributed by atoms with Crippen molar-refractivity contribution < 1.29 is 0 Å². The van der Waals surface area contributed by atoms with Gasteiger partial charge in [0.05, 0.1) is 0 Å². The highest BCUT2D eigenvalue weighted by molar-refractivity contribution is 5.83. The van der Waals surface area contributed by atoms with E-state index in [4.69, 9.17) is 0 Å². The van der Waals surface area contributed by atoms with Crippen LogP contribution in [0.3, 0.4) is 0 Å². The van der Waals surface area contributed by atoms with Crippen LogP contribution in [0.1, 0.15) is 277 Å². The number of fused-ring (bicyclic) bond motifs is 3. The van der Waals surface area contributed by atoms with Crippen molar-refractivity contribution in [3.8, 4) is 22.3 Å². The Morgan fingerprint density at radius 3 is 1.09 bits per heavy atom. The van der Waals surface area contributed by atoms with Gasteiger partial charge in [-0.15, -0.1) is 0 Å². The lowest BCUT2D eigenvalue weighted by atomic mass is 9.55. The zero-order chi connectivity index (χ0) is 65.2. The van der Waals surface area contributed by atoms with Gasteiger partial charge >= 0.3 is 0 Å². The molecule has 3 unspecified atom stereocenters. The third-order valence-electron chi connectivity index (χ3n) is 22.6. The molecule has 1 aliphatic rings. The van der Waals surface area contributed by atoms with Crippen LogP contribution in [0, 0.1) is 0 Å². The number of anilines is 6. The number of nitrogens with zero attached hydrogens (tertiary/aromatic N) is 2. The molecular formula is C90H118N2. The Morgan fingerprint density at radius 2 is 0.652 bits per heavy atom. The molecule has 0 heterocycles. The summed E-state index contributed by atoms with van der Waals surface area (Å²) in [7, 11) is 0. The van der Waals surface area contributed by atoms with E-state index in [-0.39, 0.29) is 27.1 Å². The molecule has 8 aromatic carbocycles. The van der Waals surface area contributed by atoms with E-state index in [1.54, 1.807) is 11.1 Å². The molecule has 3 atom stereocenters. The van der Waals surface area contributed by atoms with Crippen molar-refractivity contribution in [2.24, 2.45) is 0 Å². The maximum atomic E-state index is 2.83. The predicted octanol–water partition coefficient (Wildman–Crippen LogP) is 28.2. The lowest BCUT2D eigenvalue weighted by molar-refractivity contribution is 0.212. The molecule has 0 amide bonds. The molecule has 0 aliphatic heterocycles. The second-order valence-corrected chi connectivity index (χ2v) is 29.3. The summed E-state index contributed by atoms with van der Waals surface area (Å²) in [5.41, 5.74) is 21.7. The van der Waals surface area contributed by atoms with Crippen LogP contribution in [0.4, 0.5) is 34.1 Å². The van der Waals surface area contributed by atoms with E-state index in [1.165, 1.54) is 191 Å². The normalized spacial score (nSPS) is 14.7. The first-order chi connectivity index (χ1) is 44.7. The lowest BCUT2D eigenvalue weighted by Gasteiger charge is -2.49. The standard InChI is InChI=1S/C90H118N2/c1-13-20-24-26-28-36-66-90(67-37-29-27-25-21-14-2)84-68-74(86(8,9)64-22-15-3)50-60-82(84)83-61-51-75(69-85(83)90)89(12,65-23-16-4)88(11,63-18-6)73-48-58-81(59-49-73)92(77-40-34-31-35-41-77)79-54-44-71(45-55-79)70-42-52-78(53-43-70)91(76-38-32-30-33-39-76)80-56-46-72(47-57-80)87(10,19-7)62-17-5/h30-35,38-61,68-69H,13-29,36-37,62-67H2,1-12H3. The third kappa shape index (κ3) is 15.4. The molecule has 92 heavy (non-hydrogen) atoms. The van der Waals surface area contributed by atoms with E-state index in [2.05, 4.69) is 287 Å². The Kier molecular flexibility index (Phi) is 24.6. The Morgan fingerprint density at radius 1 is 0.293 bits per heavy atom. The van der Waals surface area contributed by atoms with Gasteiger partial charge in [0, 0.05) is 50.4 Å². The first-order valence-corrected chi connectivity index (χ1v) is 37.1. The van der Waals surface area contributed by atoms with Crippen molar-refractivity contribution in [3.63, 3.8) is 0 Å². The van der Waals surface area contributed by atoms with Gasteiger partial charge in [-0.1, -0.05) is 320 Å². The van der Waals surface area contributed by atoms with E-state index < -0.39 is 0 Å². The second kappa shape index (κ2) is 32.5. The van der Waals surface area contributed by atoms with Crippen LogP contribution in [0.15, 0.2) is 194 Å². The predicted molar refractivity (Wildman–Crippen MR) is 404 cm³/mol. The van der Waals surface area contributed by atoms with Gasteiger partial charge in [-0.05, 0) is 184 Å². The van der Waals surface area contributed by atoms with E-state index in [1.807, 2.05) is 0 Å². The minimum atomic E-state index is -0.130. The van der Waals surface area contributed by atoms with Crippen LogP contribution in [-0.2, 0) is 27.1 Å². The van der Waals surface area contributed by atoms with Crippen LogP contribution in [0.2, 0.25) is 0 Å². The molecule has 0 bridgehead atoms. The number of unbranched alkanes of at least 4 members (excludes halogenated alkanes) is 12. The lowest BCUT2D eigenvalue weighted by Crippen LogP contribution is -2.45. The van der Waals surface area contributed by atoms with Crippen LogP contribution >= 0.6 is 0 Å². The minimum absolute atomic E-state index is 0.00855. The molecule has 0 radical (unpaired) electrons. The summed E-state index contributed by atoms with van der Waals surface area (Å²) in [6.45, 7) is 29.3. The van der Waals surface area contributed by atoms with Crippen LogP contribution in [0.25, 0.3) is 22.3 Å². The Bertz CT molecular complexity index is 3470. The Balaban J connectivity index is 1.06. The average Bonchev–Trinajstić information content (AvgIpc) is 1.50. The van der Waals surface area contributed by atoms with Gasteiger partial charge in [-0.3, -0.25) is 0 Å². The van der Waals surface area contributed by atoms with Gasteiger partial charge in [0.15, 0.2) is 0 Å². The van der Waals surface area contributed by atoms with Gasteiger partial charge in [0.2, 0.25) is 0 Å². The Hall–Kier alpha value is -6.64. The smallest absolute Gasteiger partial charge is 0.0462 e. The van der Waals surface area contributed by atoms with Gasteiger partial charge in [-0.2, -0.15) is 0 Å². The van der Waals surface area contributed by atoms with E-state index in [0.717, 1.165) is 48.4 Å². The van der Waals surface area contributed by atoms with Gasteiger partial charge < -0.3 is 9.80 Å². The maximum absolute atomic E-state index is 2.83. The molecule has 0 aromatic heterocycles. The van der Waals surface area contributed by atoms with Crippen molar-refractivity contribution in [3.05, 3.63) is 228 Å². The maximum Gasteiger partial charge on any atom is 0.0462 e. The van der Waals surface area contributed by atoms with Crippen molar-refractivity contribution in [1.82, 2.24) is 0 Å². The fourth-order valence-corrected chi connectivity index (χ4v) is 16.3. The first-order valence-electron chi connectivity index (χ1n) is 37.1. The highest BCUT2D eigenvalue weighted by atomic mass is 15.1.